The molecular weight excluding hydrogens is 252 g/mol. The van der Waals surface area contributed by atoms with E-state index in [-0.39, 0.29) is 30.0 Å². The lowest BCUT2D eigenvalue weighted by molar-refractivity contribution is -0.127. The molecule has 0 bridgehead atoms. The van der Waals surface area contributed by atoms with Crippen LogP contribution in [0, 0.1) is 18.8 Å². The number of rotatable bonds is 3. The Morgan fingerprint density at radius 2 is 2.00 bits per heavy atom. The third-order valence-corrected chi connectivity index (χ3v) is 4.49. The maximum Gasteiger partial charge on any atom is 0.226 e. The molecule has 110 valence electrons. The van der Waals surface area contributed by atoms with Crippen molar-refractivity contribution in [3.8, 4) is 0 Å². The second-order valence-corrected chi connectivity index (χ2v) is 5.78. The number of nitrogens with one attached hydrogen (secondary N) is 1. The number of hydrogen-bond donors (Lipinski definition) is 2. The van der Waals surface area contributed by atoms with E-state index in [0.717, 1.165) is 16.8 Å². The Balaban J connectivity index is 2.01. The van der Waals surface area contributed by atoms with Gasteiger partial charge in [-0.15, -0.1) is 0 Å². The SMILES string of the molecule is Cc1c(N)cccc1CNC(=O)C1C(C)OC(C)C1C. The minimum absolute atomic E-state index is 0.0260. The van der Waals surface area contributed by atoms with E-state index in [1.807, 2.05) is 39.0 Å². The summed E-state index contributed by atoms with van der Waals surface area (Å²) in [4.78, 5) is 12.4. The summed E-state index contributed by atoms with van der Waals surface area (Å²) in [5.74, 6) is 0.231. The summed E-state index contributed by atoms with van der Waals surface area (Å²) < 4.78 is 5.72. The smallest absolute Gasteiger partial charge is 0.226 e. The van der Waals surface area contributed by atoms with Crippen molar-refractivity contribution in [1.82, 2.24) is 5.32 Å². The molecule has 1 aromatic carbocycles. The van der Waals surface area contributed by atoms with Gasteiger partial charge in [0.25, 0.3) is 0 Å². The van der Waals surface area contributed by atoms with E-state index in [9.17, 15) is 4.79 Å². The quantitative estimate of drug-likeness (QED) is 0.832. The molecule has 0 spiro atoms. The van der Waals surface area contributed by atoms with Crippen molar-refractivity contribution in [2.75, 3.05) is 5.73 Å². The van der Waals surface area contributed by atoms with E-state index < -0.39 is 0 Å². The van der Waals surface area contributed by atoms with Crippen molar-refractivity contribution < 1.29 is 9.53 Å². The molecule has 0 radical (unpaired) electrons. The first-order chi connectivity index (χ1) is 9.41. The summed E-state index contributed by atoms with van der Waals surface area (Å²) >= 11 is 0. The predicted molar refractivity (Wildman–Crippen MR) is 80.1 cm³/mol. The van der Waals surface area contributed by atoms with Crippen molar-refractivity contribution in [3.63, 3.8) is 0 Å². The van der Waals surface area contributed by atoms with Gasteiger partial charge in [0.2, 0.25) is 5.91 Å². The third kappa shape index (κ3) is 2.80. The lowest BCUT2D eigenvalue weighted by Gasteiger charge is -2.18. The summed E-state index contributed by atoms with van der Waals surface area (Å²) in [7, 11) is 0. The maximum atomic E-state index is 12.4. The number of nitrogens with two attached hydrogens (primary N) is 1. The summed E-state index contributed by atoms with van der Waals surface area (Å²) in [5.41, 5.74) is 8.73. The fourth-order valence-electron chi connectivity index (χ4n) is 2.91. The highest BCUT2D eigenvalue weighted by atomic mass is 16.5. The highest BCUT2D eigenvalue weighted by Crippen LogP contribution is 2.32. The molecule has 2 rings (SSSR count). The Bertz CT molecular complexity index is 501. The Morgan fingerprint density at radius 1 is 1.30 bits per heavy atom. The lowest BCUT2D eigenvalue weighted by atomic mass is 9.89. The molecule has 1 aliphatic heterocycles. The van der Waals surface area contributed by atoms with Gasteiger partial charge < -0.3 is 15.8 Å². The number of carbonyl (C=O) groups excluding carboxylic acids is 1. The number of amides is 1. The van der Waals surface area contributed by atoms with Gasteiger partial charge in [-0.2, -0.15) is 0 Å². The molecule has 1 fully saturated rings. The topological polar surface area (TPSA) is 64.3 Å². The van der Waals surface area contributed by atoms with Gasteiger partial charge in [-0.1, -0.05) is 19.1 Å². The van der Waals surface area contributed by atoms with Crippen molar-refractivity contribution in [2.24, 2.45) is 11.8 Å². The van der Waals surface area contributed by atoms with E-state index in [2.05, 4.69) is 12.2 Å². The van der Waals surface area contributed by atoms with Gasteiger partial charge in [-0.05, 0) is 43.9 Å². The fraction of sp³-hybridized carbons (Fsp3) is 0.562. The van der Waals surface area contributed by atoms with Crippen LogP contribution in [0.5, 0.6) is 0 Å². The zero-order valence-corrected chi connectivity index (χ0v) is 12.6. The molecule has 1 amide bonds. The molecular formula is C16H24N2O2. The molecule has 20 heavy (non-hydrogen) atoms. The monoisotopic (exact) mass is 276 g/mol. The Labute approximate surface area is 120 Å². The van der Waals surface area contributed by atoms with Crippen molar-refractivity contribution in [3.05, 3.63) is 29.3 Å². The van der Waals surface area contributed by atoms with Crippen molar-refractivity contribution in [2.45, 2.75) is 46.4 Å². The van der Waals surface area contributed by atoms with E-state index in [1.165, 1.54) is 0 Å². The van der Waals surface area contributed by atoms with Gasteiger partial charge in [-0.3, -0.25) is 4.79 Å². The average molecular weight is 276 g/mol. The van der Waals surface area contributed by atoms with Crippen LogP contribution in [0.4, 0.5) is 5.69 Å². The Kier molecular flexibility index (Phi) is 4.33. The molecule has 4 unspecified atom stereocenters. The van der Waals surface area contributed by atoms with Crippen molar-refractivity contribution in [1.29, 1.82) is 0 Å². The van der Waals surface area contributed by atoms with Crippen LogP contribution >= 0.6 is 0 Å². The van der Waals surface area contributed by atoms with Gasteiger partial charge in [0.15, 0.2) is 0 Å². The molecule has 1 aromatic rings. The first-order valence-corrected chi connectivity index (χ1v) is 7.19. The van der Waals surface area contributed by atoms with Crippen LogP contribution in [0.2, 0.25) is 0 Å². The van der Waals surface area contributed by atoms with Crippen LogP contribution in [-0.4, -0.2) is 18.1 Å². The van der Waals surface area contributed by atoms with Gasteiger partial charge in [0.05, 0.1) is 18.1 Å². The lowest BCUT2D eigenvalue weighted by Crippen LogP contribution is -2.37. The number of hydrogen-bond acceptors (Lipinski definition) is 3. The highest BCUT2D eigenvalue weighted by molar-refractivity contribution is 5.80. The standard InChI is InChI=1S/C16H24N2O2/c1-9-11(3)20-12(4)15(9)16(19)18-8-13-6-5-7-14(17)10(13)2/h5-7,9,11-12,15H,8,17H2,1-4H3,(H,18,19). The van der Waals surface area contributed by atoms with Gasteiger partial charge >= 0.3 is 0 Å². The summed E-state index contributed by atoms with van der Waals surface area (Å²) in [6.45, 7) is 8.56. The molecule has 4 atom stereocenters. The first kappa shape index (κ1) is 14.9. The van der Waals surface area contributed by atoms with E-state index in [1.54, 1.807) is 0 Å². The van der Waals surface area contributed by atoms with Crippen molar-refractivity contribution >= 4 is 11.6 Å². The summed E-state index contributed by atoms with van der Waals surface area (Å²) in [6.07, 6.45) is 0.108. The Hall–Kier alpha value is -1.55. The number of ether oxygens (including phenoxy) is 1. The predicted octanol–water partition coefficient (Wildman–Crippen LogP) is 2.25. The van der Waals surface area contributed by atoms with Gasteiger partial charge in [-0.25, -0.2) is 0 Å². The van der Waals surface area contributed by atoms with E-state index >= 15 is 0 Å². The second kappa shape index (κ2) is 5.83. The zero-order chi connectivity index (χ0) is 14.9. The molecule has 1 saturated heterocycles. The number of benzene rings is 1. The van der Waals surface area contributed by atoms with Crippen LogP contribution in [0.1, 0.15) is 31.9 Å². The van der Waals surface area contributed by atoms with Crippen LogP contribution in [0.3, 0.4) is 0 Å². The summed E-state index contributed by atoms with van der Waals surface area (Å²) in [6, 6.07) is 5.78. The third-order valence-electron chi connectivity index (χ3n) is 4.49. The molecule has 4 nitrogen and oxygen atoms in total. The molecule has 0 aliphatic carbocycles. The molecule has 4 heteroatoms. The molecule has 3 N–H and O–H groups in total. The minimum atomic E-state index is -0.0774. The average Bonchev–Trinajstić information content (AvgIpc) is 2.65. The molecule has 1 heterocycles. The minimum Gasteiger partial charge on any atom is -0.399 e. The molecule has 0 aromatic heterocycles. The van der Waals surface area contributed by atoms with Crippen LogP contribution < -0.4 is 11.1 Å². The Morgan fingerprint density at radius 3 is 2.60 bits per heavy atom. The van der Waals surface area contributed by atoms with Crippen LogP contribution in [-0.2, 0) is 16.1 Å². The number of anilines is 1. The van der Waals surface area contributed by atoms with Gasteiger partial charge in [0, 0.05) is 12.2 Å². The maximum absolute atomic E-state index is 12.4. The molecule has 0 saturated carbocycles. The van der Waals surface area contributed by atoms with Crippen LogP contribution in [0.25, 0.3) is 0 Å². The van der Waals surface area contributed by atoms with Crippen LogP contribution in [0.15, 0.2) is 18.2 Å². The first-order valence-electron chi connectivity index (χ1n) is 7.19. The fourth-order valence-corrected chi connectivity index (χ4v) is 2.91. The second-order valence-electron chi connectivity index (χ2n) is 5.78. The summed E-state index contributed by atoms with van der Waals surface area (Å²) in [5, 5.41) is 3.02. The number of nitrogen functional groups attached to an aromatic ring is 1. The van der Waals surface area contributed by atoms with E-state index in [4.69, 9.17) is 10.5 Å². The number of carbonyl (C=O) groups is 1. The highest BCUT2D eigenvalue weighted by Gasteiger charge is 2.41. The largest absolute Gasteiger partial charge is 0.399 e. The van der Waals surface area contributed by atoms with Gasteiger partial charge in [0.1, 0.15) is 0 Å². The zero-order valence-electron chi connectivity index (χ0n) is 12.6. The molecule has 1 aliphatic rings. The van der Waals surface area contributed by atoms with E-state index in [0.29, 0.717) is 6.54 Å². The normalized spacial score (nSPS) is 29.4.